The van der Waals surface area contributed by atoms with Crippen molar-refractivity contribution in [2.45, 2.75) is 58.3 Å². The fourth-order valence-corrected chi connectivity index (χ4v) is 4.99. The Morgan fingerprint density at radius 3 is 2.75 bits per heavy atom. The molecule has 3 unspecified atom stereocenters. The lowest BCUT2D eigenvalue weighted by molar-refractivity contribution is -0.136. The van der Waals surface area contributed by atoms with Gasteiger partial charge in [0.15, 0.2) is 0 Å². The molecule has 0 aromatic heterocycles. The van der Waals surface area contributed by atoms with Crippen LogP contribution in [0.1, 0.15) is 49.8 Å². The monoisotopic (exact) mass is 498 g/mol. The zero-order valence-corrected chi connectivity index (χ0v) is 20.8. The topological polar surface area (TPSA) is 131 Å². The van der Waals surface area contributed by atoms with Crippen molar-refractivity contribution in [1.29, 1.82) is 0 Å². The number of fused-ring (bicyclic) bond motifs is 3. The lowest BCUT2D eigenvalue weighted by Gasteiger charge is -2.23. The molecule has 4 amide bonds. The summed E-state index contributed by atoms with van der Waals surface area (Å²) >= 11 is 0. The maximum Gasteiger partial charge on any atom is 0.410 e. The van der Waals surface area contributed by atoms with Crippen LogP contribution in [0.5, 0.6) is 0 Å². The number of hydrogen-bond acceptors (Lipinski definition) is 6. The van der Waals surface area contributed by atoms with Crippen molar-refractivity contribution in [3.05, 3.63) is 41.0 Å². The van der Waals surface area contributed by atoms with Gasteiger partial charge >= 0.3 is 12.2 Å². The summed E-state index contributed by atoms with van der Waals surface area (Å²) in [5.74, 6) is -0.712. The highest BCUT2D eigenvalue weighted by Crippen LogP contribution is 2.29. The molecule has 3 atom stereocenters. The highest BCUT2D eigenvalue weighted by molar-refractivity contribution is 5.89. The van der Waals surface area contributed by atoms with Gasteiger partial charge in [-0.1, -0.05) is 44.2 Å². The summed E-state index contributed by atoms with van der Waals surface area (Å²) in [6, 6.07) is 5.09. The number of amides is 4. The molecule has 1 saturated heterocycles. The van der Waals surface area contributed by atoms with Crippen LogP contribution < -0.4 is 11.1 Å². The number of ether oxygens (including phenoxy) is 2. The summed E-state index contributed by atoms with van der Waals surface area (Å²) in [5.41, 5.74) is 8.72. The number of hydrogen-bond donors (Lipinski definition) is 2. The molecule has 4 rings (SSSR count). The first kappa shape index (κ1) is 25.5. The van der Waals surface area contributed by atoms with E-state index in [1.165, 1.54) is 4.90 Å². The number of rotatable bonds is 2. The van der Waals surface area contributed by atoms with Crippen molar-refractivity contribution in [1.82, 2.24) is 15.1 Å². The number of carbonyl (C=O) groups is 4. The molecule has 10 heteroatoms. The SMILES string of the molecule is CC(C)C1CCC=Cc2cccc3c2CN(C3)C(=O)OC2CC(C(N)=O)N(C2)C(=O)CNC(=O)OC1. The third-order valence-electron chi connectivity index (χ3n) is 7.21. The summed E-state index contributed by atoms with van der Waals surface area (Å²) in [4.78, 5) is 52.8. The van der Waals surface area contributed by atoms with E-state index < -0.39 is 36.1 Å². The fourth-order valence-electron chi connectivity index (χ4n) is 4.99. The molecule has 1 aromatic carbocycles. The Bertz CT molecular complexity index is 1050. The molecule has 4 bridgehead atoms. The second-order valence-corrected chi connectivity index (χ2v) is 9.98. The molecule has 3 N–H and O–H groups in total. The van der Waals surface area contributed by atoms with E-state index in [1.54, 1.807) is 4.90 Å². The molecule has 1 aromatic rings. The standard InChI is InChI=1S/C26H34N4O6/c1-16(2)19-7-4-3-6-17-8-5-9-18-12-29(14-21(17)18)26(34)36-20-10-22(24(27)32)30(13-20)23(31)11-28-25(33)35-15-19/h3,5-6,8-9,16,19-20,22H,4,7,10-15H2,1-2H3,(H2,27,32)(H,28,33). The largest absolute Gasteiger partial charge is 0.449 e. The maximum atomic E-state index is 12.9. The van der Waals surface area contributed by atoms with E-state index in [0.29, 0.717) is 19.0 Å². The molecule has 3 aliphatic heterocycles. The summed E-state index contributed by atoms with van der Waals surface area (Å²) in [6.45, 7) is 4.96. The summed E-state index contributed by atoms with van der Waals surface area (Å²) in [6.07, 6.45) is 4.08. The smallest absolute Gasteiger partial charge is 0.410 e. The molecular weight excluding hydrogens is 464 g/mol. The third kappa shape index (κ3) is 5.80. The number of alkyl carbamates (subject to hydrolysis) is 1. The van der Waals surface area contributed by atoms with Crippen molar-refractivity contribution in [2.24, 2.45) is 17.6 Å². The molecule has 0 radical (unpaired) electrons. The maximum absolute atomic E-state index is 12.9. The van der Waals surface area contributed by atoms with Gasteiger partial charge in [-0.3, -0.25) is 14.5 Å². The van der Waals surface area contributed by atoms with Crippen LogP contribution in [0.4, 0.5) is 9.59 Å². The van der Waals surface area contributed by atoms with Crippen LogP contribution in [0.3, 0.4) is 0 Å². The van der Waals surface area contributed by atoms with Gasteiger partial charge in [-0.25, -0.2) is 9.59 Å². The summed E-state index contributed by atoms with van der Waals surface area (Å²) in [7, 11) is 0. The van der Waals surface area contributed by atoms with Gasteiger partial charge < -0.3 is 25.4 Å². The first-order valence-electron chi connectivity index (χ1n) is 12.4. The van der Waals surface area contributed by atoms with E-state index in [-0.39, 0.29) is 32.0 Å². The zero-order chi connectivity index (χ0) is 25.8. The van der Waals surface area contributed by atoms with Crippen LogP contribution in [-0.2, 0) is 32.2 Å². The number of carbonyl (C=O) groups excluding carboxylic acids is 4. The Balaban J connectivity index is 1.55. The van der Waals surface area contributed by atoms with E-state index in [1.807, 2.05) is 18.2 Å². The van der Waals surface area contributed by atoms with Crippen molar-refractivity contribution in [3.8, 4) is 0 Å². The predicted molar refractivity (Wildman–Crippen MR) is 131 cm³/mol. The molecule has 36 heavy (non-hydrogen) atoms. The normalized spacial score (nSPS) is 25.4. The number of primary amides is 1. The molecule has 0 spiro atoms. The van der Waals surface area contributed by atoms with Gasteiger partial charge in [-0.05, 0) is 41.4 Å². The van der Waals surface area contributed by atoms with Gasteiger partial charge in [0.2, 0.25) is 11.8 Å². The molecule has 194 valence electrons. The Labute approximate surface area is 210 Å². The van der Waals surface area contributed by atoms with Gasteiger partial charge in [-0.15, -0.1) is 0 Å². The third-order valence-corrected chi connectivity index (χ3v) is 7.21. The Hall–Kier alpha value is -3.56. The summed E-state index contributed by atoms with van der Waals surface area (Å²) in [5, 5.41) is 2.46. The van der Waals surface area contributed by atoms with Gasteiger partial charge in [0.25, 0.3) is 0 Å². The van der Waals surface area contributed by atoms with Crippen molar-refractivity contribution in [3.63, 3.8) is 0 Å². The molecule has 3 heterocycles. The number of benzene rings is 1. The average Bonchev–Trinajstić information content (AvgIpc) is 3.46. The van der Waals surface area contributed by atoms with Crippen LogP contribution in [-0.4, -0.2) is 65.6 Å². The van der Waals surface area contributed by atoms with E-state index in [4.69, 9.17) is 15.2 Å². The van der Waals surface area contributed by atoms with Crippen LogP contribution in [0.2, 0.25) is 0 Å². The zero-order valence-electron chi connectivity index (χ0n) is 20.8. The molecule has 1 fully saturated rings. The first-order chi connectivity index (χ1) is 17.2. The van der Waals surface area contributed by atoms with Gasteiger partial charge in [0.05, 0.1) is 19.7 Å². The summed E-state index contributed by atoms with van der Waals surface area (Å²) < 4.78 is 11.1. The minimum Gasteiger partial charge on any atom is -0.449 e. The second kappa shape index (κ2) is 11.0. The molecular formula is C26H34N4O6. The van der Waals surface area contributed by atoms with E-state index >= 15 is 0 Å². The number of nitrogens with zero attached hydrogens (tertiary/aromatic N) is 2. The minimum atomic E-state index is -0.917. The highest BCUT2D eigenvalue weighted by Gasteiger charge is 2.41. The molecule has 0 saturated carbocycles. The van der Waals surface area contributed by atoms with E-state index in [0.717, 1.165) is 29.5 Å². The number of cyclic esters (lactones) is 1. The Morgan fingerprint density at radius 1 is 1.19 bits per heavy atom. The van der Waals surface area contributed by atoms with E-state index in [2.05, 4.69) is 31.3 Å². The molecule has 10 nitrogen and oxygen atoms in total. The number of nitrogens with one attached hydrogen (secondary N) is 1. The number of allylic oxidation sites excluding steroid dienone is 1. The predicted octanol–water partition coefficient (Wildman–Crippen LogP) is 2.40. The molecule has 0 aliphatic carbocycles. The number of nitrogens with two attached hydrogens (primary N) is 1. The van der Waals surface area contributed by atoms with Crippen molar-refractivity contribution < 1.29 is 28.7 Å². The minimum absolute atomic E-state index is 0.0269. The molecule has 3 aliphatic rings. The quantitative estimate of drug-likeness (QED) is 0.644. The average molecular weight is 499 g/mol. The van der Waals surface area contributed by atoms with Crippen LogP contribution in [0.15, 0.2) is 24.3 Å². The van der Waals surface area contributed by atoms with Crippen LogP contribution in [0.25, 0.3) is 6.08 Å². The van der Waals surface area contributed by atoms with Gasteiger partial charge in [0, 0.05) is 13.0 Å². The Morgan fingerprint density at radius 2 is 2.00 bits per heavy atom. The van der Waals surface area contributed by atoms with Crippen molar-refractivity contribution in [2.75, 3.05) is 19.7 Å². The van der Waals surface area contributed by atoms with Gasteiger partial charge in [0.1, 0.15) is 18.7 Å². The van der Waals surface area contributed by atoms with Crippen molar-refractivity contribution >= 4 is 30.1 Å². The first-order valence-corrected chi connectivity index (χ1v) is 12.4. The lowest BCUT2D eigenvalue weighted by atomic mass is 9.91. The van der Waals surface area contributed by atoms with E-state index in [9.17, 15) is 19.2 Å². The second-order valence-electron chi connectivity index (χ2n) is 9.98. The fraction of sp³-hybridized carbons (Fsp3) is 0.538. The van der Waals surface area contributed by atoms with Crippen LogP contribution >= 0.6 is 0 Å². The highest BCUT2D eigenvalue weighted by atomic mass is 16.6. The Kier molecular flexibility index (Phi) is 7.81. The van der Waals surface area contributed by atoms with Gasteiger partial charge in [-0.2, -0.15) is 0 Å². The van der Waals surface area contributed by atoms with Crippen LogP contribution in [0, 0.1) is 11.8 Å². The lowest BCUT2D eigenvalue weighted by Crippen LogP contribution is -2.47.